The predicted molar refractivity (Wildman–Crippen MR) is 76.5 cm³/mol. The Labute approximate surface area is 113 Å². The molecule has 0 aromatic heterocycles. The molecule has 0 aliphatic carbocycles. The van der Waals surface area contributed by atoms with E-state index in [1.807, 2.05) is 44.2 Å². The zero-order chi connectivity index (χ0) is 14.0. The summed E-state index contributed by atoms with van der Waals surface area (Å²) < 4.78 is 0. The van der Waals surface area contributed by atoms with Crippen molar-refractivity contribution in [1.29, 1.82) is 0 Å². The molecule has 1 atom stereocenters. The number of aromatic hydroxyl groups is 1. The molecule has 0 aliphatic heterocycles. The van der Waals surface area contributed by atoms with Gasteiger partial charge in [-0.1, -0.05) is 42.0 Å². The summed E-state index contributed by atoms with van der Waals surface area (Å²) in [6.07, 6.45) is 0. The molecule has 0 spiro atoms. The summed E-state index contributed by atoms with van der Waals surface area (Å²) in [6.45, 7) is 5.56. The molecule has 0 amide bonds. The van der Waals surface area contributed by atoms with Crippen molar-refractivity contribution < 1.29 is 9.90 Å². The smallest absolute Gasteiger partial charge is 0.141 e. The Kier molecular flexibility index (Phi) is 3.70. The first-order chi connectivity index (χ1) is 9.00. The van der Waals surface area contributed by atoms with Gasteiger partial charge < -0.3 is 5.11 Å². The molecule has 0 bridgehead atoms. The maximum atomic E-state index is 12.0. The summed E-state index contributed by atoms with van der Waals surface area (Å²) in [6, 6.07) is 13.1. The van der Waals surface area contributed by atoms with Crippen LogP contribution in [0.4, 0.5) is 0 Å². The molecule has 1 unspecified atom stereocenters. The normalized spacial score (nSPS) is 12.2. The van der Waals surface area contributed by atoms with Crippen LogP contribution in [-0.4, -0.2) is 10.9 Å². The van der Waals surface area contributed by atoms with Crippen LogP contribution in [0, 0.1) is 13.8 Å². The topological polar surface area (TPSA) is 37.3 Å². The van der Waals surface area contributed by atoms with Gasteiger partial charge in [-0.3, -0.25) is 4.79 Å². The molecule has 0 fully saturated rings. The summed E-state index contributed by atoms with van der Waals surface area (Å²) in [5, 5.41) is 10.00. The maximum absolute atomic E-state index is 12.0. The van der Waals surface area contributed by atoms with Crippen LogP contribution in [0.5, 0.6) is 5.75 Å². The maximum Gasteiger partial charge on any atom is 0.141 e. The Morgan fingerprint density at radius 3 is 2.37 bits per heavy atom. The summed E-state index contributed by atoms with van der Waals surface area (Å²) in [5.74, 6) is -0.195. The minimum absolute atomic E-state index is 0.0372. The third-order valence-electron chi connectivity index (χ3n) is 3.40. The van der Waals surface area contributed by atoms with E-state index in [0.29, 0.717) is 5.56 Å². The van der Waals surface area contributed by atoms with Gasteiger partial charge in [0.2, 0.25) is 0 Å². The second-order valence-corrected chi connectivity index (χ2v) is 4.96. The Balaban J connectivity index is 2.62. The number of hydrogen-bond acceptors (Lipinski definition) is 2. The van der Waals surface area contributed by atoms with Crippen LogP contribution in [0.25, 0.3) is 0 Å². The molecule has 0 saturated heterocycles. The minimum Gasteiger partial charge on any atom is -0.508 e. The third-order valence-corrected chi connectivity index (χ3v) is 3.40. The fourth-order valence-electron chi connectivity index (χ4n) is 2.41. The van der Waals surface area contributed by atoms with E-state index in [4.69, 9.17) is 0 Å². The molecular formula is C17H18O2. The Bertz CT molecular complexity index is 614. The molecule has 98 valence electrons. The number of Topliss-reactive ketones (excluding diaryl/α,β-unsaturated/α-hetero) is 1. The van der Waals surface area contributed by atoms with Crippen LogP contribution in [0.15, 0.2) is 42.5 Å². The molecule has 0 heterocycles. The van der Waals surface area contributed by atoms with Crippen LogP contribution in [0.2, 0.25) is 0 Å². The van der Waals surface area contributed by atoms with Crippen LogP contribution in [0.3, 0.4) is 0 Å². The van der Waals surface area contributed by atoms with Crippen LogP contribution < -0.4 is 0 Å². The fourth-order valence-corrected chi connectivity index (χ4v) is 2.41. The number of carbonyl (C=O) groups is 1. The predicted octanol–water partition coefficient (Wildman–Crippen LogP) is 3.73. The second-order valence-electron chi connectivity index (χ2n) is 4.96. The SMILES string of the molecule is CC(=O)C(c1cc(C)ccc1C)c1ccccc1O. The third kappa shape index (κ3) is 2.68. The largest absolute Gasteiger partial charge is 0.508 e. The van der Waals surface area contributed by atoms with Crippen molar-refractivity contribution in [1.82, 2.24) is 0 Å². The minimum atomic E-state index is -0.402. The van der Waals surface area contributed by atoms with E-state index in [1.165, 1.54) is 0 Å². The molecule has 19 heavy (non-hydrogen) atoms. The second kappa shape index (κ2) is 5.27. The van der Waals surface area contributed by atoms with Gasteiger partial charge in [0.25, 0.3) is 0 Å². The number of rotatable bonds is 3. The highest BCUT2D eigenvalue weighted by molar-refractivity contribution is 5.88. The Hall–Kier alpha value is -2.09. The lowest BCUT2D eigenvalue weighted by Gasteiger charge is -2.19. The number of ketones is 1. The van der Waals surface area contributed by atoms with Crippen LogP contribution in [-0.2, 0) is 4.79 Å². The van der Waals surface area contributed by atoms with Gasteiger partial charge in [-0.2, -0.15) is 0 Å². The van der Waals surface area contributed by atoms with Crippen molar-refractivity contribution in [3.63, 3.8) is 0 Å². The standard InChI is InChI=1S/C17H18O2/c1-11-8-9-12(2)15(10-11)17(13(3)18)14-6-4-5-7-16(14)19/h4-10,17,19H,1-3H3. The first kappa shape index (κ1) is 13.3. The lowest BCUT2D eigenvalue weighted by molar-refractivity contribution is -0.117. The van der Waals surface area contributed by atoms with Gasteiger partial charge in [-0.15, -0.1) is 0 Å². The van der Waals surface area contributed by atoms with E-state index < -0.39 is 5.92 Å². The Morgan fingerprint density at radius 1 is 1.05 bits per heavy atom. The van der Waals surface area contributed by atoms with Gasteiger partial charge in [0.15, 0.2) is 0 Å². The van der Waals surface area contributed by atoms with E-state index in [1.54, 1.807) is 19.1 Å². The van der Waals surface area contributed by atoms with Crippen molar-refractivity contribution in [2.75, 3.05) is 0 Å². The average Bonchev–Trinajstić information content (AvgIpc) is 2.36. The Morgan fingerprint density at radius 2 is 1.74 bits per heavy atom. The molecule has 2 aromatic rings. The molecule has 2 aromatic carbocycles. The number of carbonyl (C=O) groups excluding carboxylic acids is 1. The fraction of sp³-hybridized carbons (Fsp3) is 0.235. The summed E-state index contributed by atoms with van der Waals surface area (Å²) >= 11 is 0. The van der Waals surface area contributed by atoms with Crippen molar-refractivity contribution >= 4 is 5.78 Å². The number of para-hydroxylation sites is 1. The monoisotopic (exact) mass is 254 g/mol. The van der Waals surface area contributed by atoms with E-state index in [9.17, 15) is 9.90 Å². The number of phenolic OH excluding ortho intramolecular Hbond substituents is 1. The van der Waals surface area contributed by atoms with E-state index in [-0.39, 0.29) is 11.5 Å². The molecule has 2 heteroatoms. The van der Waals surface area contributed by atoms with Gasteiger partial charge >= 0.3 is 0 Å². The first-order valence-corrected chi connectivity index (χ1v) is 6.36. The molecular weight excluding hydrogens is 236 g/mol. The highest BCUT2D eigenvalue weighted by Crippen LogP contribution is 2.33. The van der Waals surface area contributed by atoms with Gasteiger partial charge in [0, 0.05) is 5.56 Å². The van der Waals surface area contributed by atoms with E-state index >= 15 is 0 Å². The van der Waals surface area contributed by atoms with Gasteiger partial charge in [0.1, 0.15) is 11.5 Å². The zero-order valence-corrected chi connectivity index (χ0v) is 11.5. The number of hydrogen-bond donors (Lipinski definition) is 1. The van der Waals surface area contributed by atoms with Crippen molar-refractivity contribution in [3.05, 3.63) is 64.7 Å². The molecule has 2 rings (SSSR count). The van der Waals surface area contributed by atoms with E-state index in [0.717, 1.165) is 16.7 Å². The molecule has 0 radical (unpaired) electrons. The van der Waals surface area contributed by atoms with Crippen LogP contribution in [0.1, 0.15) is 35.1 Å². The average molecular weight is 254 g/mol. The number of benzene rings is 2. The lowest BCUT2D eigenvalue weighted by atomic mass is 9.84. The summed E-state index contributed by atoms with van der Waals surface area (Å²) in [5.41, 5.74) is 3.81. The highest BCUT2D eigenvalue weighted by atomic mass is 16.3. The van der Waals surface area contributed by atoms with Gasteiger partial charge in [0.05, 0.1) is 5.92 Å². The number of aryl methyl sites for hydroxylation is 2. The highest BCUT2D eigenvalue weighted by Gasteiger charge is 2.23. The van der Waals surface area contributed by atoms with Crippen molar-refractivity contribution in [2.24, 2.45) is 0 Å². The quantitative estimate of drug-likeness (QED) is 0.906. The lowest BCUT2D eigenvalue weighted by Crippen LogP contribution is -2.12. The van der Waals surface area contributed by atoms with Crippen molar-refractivity contribution in [2.45, 2.75) is 26.7 Å². The summed E-state index contributed by atoms with van der Waals surface area (Å²) in [7, 11) is 0. The molecule has 2 nitrogen and oxygen atoms in total. The molecule has 0 saturated carbocycles. The number of phenols is 1. The molecule has 0 aliphatic rings. The van der Waals surface area contributed by atoms with E-state index in [2.05, 4.69) is 0 Å². The van der Waals surface area contributed by atoms with Gasteiger partial charge in [-0.05, 0) is 38.0 Å². The van der Waals surface area contributed by atoms with Crippen molar-refractivity contribution in [3.8, 4) is 5.75 Å². The van der Waals surface area contributed by atoms with Gasteiger partial charge in [-0.25, -0.2) is 0 Å². The molecule has 1 N–H and O–H groups in total. The zero-order valence-electron chi connectivity index (χ0n) is 11.5. The first-order valence-electron chi connectivity index (χ1n) is 6.36. The van der Waals surface area contributed by atoms with Crippen LogP contribution >= 0.6 is 0 Å². The summed E-state index contributed by atoms with van der Waals surface area (Å²) in [4.78, 5) is 12.0.